The van der Waals surface area contributed by atoms with Crippen LogP contribution in [0.5, 0.6) is 0 Å². The van der Waals surface area contributed by atoms with Gasteiger partial charge in [0.2, 0.25) is 0 Å². The summed E-state index contributed by atoms with van der Waals surface area (Å²) in [6.45, 7) is 1.96. The molecule has 0 aliphatic rings. The standard InChI is InChI=1S/C10H7ClN4/c1-6-4-10(11)13-9-5-7(14-15-12)2-3-8(6)9/h2-5H,1H3. The Morgan fingerprint density at radius 1 is 1.40 bits per heavy atom. The van der Waals surface area contributed by atoms with Crippen molar-refractivity contribution in [1.82, 2.24) is 4.98 Å². The first-order valence-electron chi connectivity index (χ1n) is 4.33. The summed E-state index contributed by atoms with van der Waals surface area (Å²) in [5.74, 6) is 0. The molecule has 0 spiro atoms. The topological polar surface area (TPSA) is 61.7 Å². The van der Waals surface area contributed by atoms with Gasteiger partial charge in [-0.15, -0.1) is 0 Å². The first kappa shape index (κ1) is 9.77. The highest BCUT2D eigenvalue weighted by Crippen LogP contribution is 2.24. The number of aryl methyl sites for hydroxylation is 1. The van der Waals surface area contributed by atoms with Gasteiger partial charge in [0.1, 0.15) is 5.15 Å². The summed E-state index contributed by atoms with van der Waals surface area (Å²) in [6.07, 6.45) is 0. The highest BCUT2D eigenvalue weighted by molar-refractivity contribution is 6.29. The summed E-state index contributed by atoms with van der Waals surface area (Å²) in [4.78, 5) is 6.88. The molecule has 0 aliphatic heterocycles. The van der Waals surface area contributed by atoms with Crippen molar-refractivity contribution in [3.63, 3.8) is 0 Å². The van der Waals surface area contributed by atoms with Crippen LogP contribution >= 0.6 is 11.6 Å². The molecule has 0 atom stereocenters. The number of fused-ring (bicyclic) bond motifs is 1. The van der Waals surface area contributed by atoms with E-state index in [0.717, 1.165) is 16.5 Å². The van der Waals surface area contributed by atoms with Gasteiger partial charge in [0.05, 0.1) is 5.52 Å². The normalized spacial score (nSPS) is 10.0. The van der Waals surface area contributed by atoms with E-state index in [1.165, 1.54) is 0 Å². The van der Waals surface area contributed by atoms with Crippen molar-refractivity contribution < 1.29 is 0 Å². The van der Waals surface area contributed by atoms with Crippen molar-refractivity contribution in [1.29, 1.82) is 0 Å². The SMILES string of the molecule is Cc1cc(Cl)nc2cc(N=[N+]=[N-])ccc12. The second-order valence-electron chi connectivity index (χ2n) is 3.15. The Labute approximate surface area is 91.1 Å². The van der Waals surface area contributed by atoms with Crippen molar-refractivity contribution in [3.8, 4) is 0 Å². The Balaban J connectivity index is 2.76. The van der Waals surface area contributed by atoms with Gasteiger partial charge in [-0.25, -0.2) is 4.98 Å². The highest BCUT2D eigenvalue weighted by atomic mass is 35.5. The van der Waals surface area contributed by atoms with Gasteiger partial charge in [-0.2, -0.15) is 0 Å². The molecule has 0 N–H and O–H groups in total. The third-order valence-corrected chi connectivity index (χ3v) is 2.32. The van der Waals surface area contributed by atoms with E-state index in [0.29, 0.717) is 10.8 Å². The maximum Gasteiger partial charge on any atom is 0.130 e. The predicted octanol–water partition coefficient (Wildman–Crippen LogP) is 4.14. The lowest BCUT2D eigenvalue weighted by molar-refractivity contribution is 1.36. The van der Waals surface area contributed by atoms with E-state index in [1.54, 1.807) is 18.2 Å². The van der Waals surface area contributed by atoms with Gasteiger partial charge >= 0.3 is 0 Å². The number of pyridine rings is 1. The van der Waals surface area contributed by atoms with Crippen molar-refractivity contribution in [3.05, 3.63) is 45.4 Å². The van der Waals surface area contributed by atoms with Crippen LogP contribution in [0.25, 0.3) is 21.3 Å². The number of azide groups is 1. The second kappa shape index (κ2) is 3.77. The summed E-state index contributed by atoms with van der Waals surface area (Å²) >= 11 is 5.84. The second-order valence-corrected chi connectivity index (χ2v) is 3.54. The van der Waals surface area contributed by atoms with Crippen molar-refractivity contribution in [2.24, 2.45) is 5.11 Å². The molecule has 4 nitrogen and oxygen atoms in total. The fourth-order valence-corrected chi connectivity index (χ4v) is 1.72. The molecule has 0 aliphatic carbocycles. The maximum atomic E-state index is 8.31. The summed E-state index contributed by atoms with van der Waals surface area (Å²) in [5.41, 5.74) is 10.6. The minimum absolute atomic E-state index is 0.443. The molecule has 74 valence electrons. The number of nitrogens with zero attached hydrogens (tertiary/aromatic N) is 4. The molecule has 0 amide bonds. The molecule has 1 aromatic heterocycles. The van der Waals surface area contributed by atoms with Gasteiger partial charge in [-0.1, -0.05) is 28.8 Å². The number of aromatic nitrogens is 1. The Kier molecular flexibility index (Phi) is 2.46. The van der Waals surface area contributed by atoms with Crippen LogP contribution in [0.3, 0.4) is 0 Å². The van der Waals surface area contributed by atoms with E-state index < -0.39 is 0 Å². The fraction of sp³-hybridized carbons (Fsp3) is 0.100. The predicted molar refractivity (Wildman–Crippen MR) is 60.3 cm³/mol. The molecule has 2 aromatic rings. The number of hydrogen-bond donors (Lipinski definition) is 0. The van der Waals surface area contributed by atoms with Gasteiger partial charge < -0.3 is 0 Å². The van der Waals surface area contributed by atoms with Gasteiger partial charge in [0.25, 0.3) is 0 Å². The van der Waals surface area contributed by atoms with Crippen molar-refractivity contribution in [2.45, 2.75) is 6.92 Å². The molecule has 2 rings (SSSR count). The molecule has 5 heteroatoms. The van der Waals surface area contributed by atoms with E-state index in [4.69, 9.17) is 17.1 Å². The highest BCUT2D eigenvalue weighted by Gasteiger charge is 2.01. The lowest BCUT2D eigenvalue weighted by Gasteiger charge is -2.02. The Hall–Kier alpha value is -1.77. The Morgan fingerprint density at radius 2 is 2.20 bits per heavy atom. The van der Waals surface area contributed by atoms with Crippen LogP contribution in [0.1, 0.15) is 5.56 Å². The van der Waals surface area contributed by atoms with Crippen LogP contribution in [0, 0.1) is 6.92 Å². The molecule has 0 saturated heterocycles. The van der Waals surface area contributed by atoms with Gasteiger partial charge in [0, 0.05) is 16.0 Å². The number of benzene rings is 1. The van der Waals surface area contributed by atoms with E-state index in [9.17, 15) is 0 Å². The zero-order chi connectivity index (χ0) is 10.8. The molecule has 0 radical (unpaired) electrons. The molecular weight excluding hydrogens is 212 g/mol. The van der Waals surface area contributed by atoms with E-state index in [1.807, 2.05) is 13.0 Å². The van der Waals surface area contributed by atoms with Crippen LogP contribution < -0.4 is 0 Å². The molecule has 15 heavy (non-hydrogen) atoms. The third kappa shape index (κ3) is 1.86. The van der Waals surface area contributed by atoms with Crippen LogP contribution in [0.15, 0.2) is 29.4 Å². The Bertz CT molecular complexity index is 573. The minimum Gasteiger partial charge on any atom is -0.236 e. The van der Waals surface area contributed by atoms with E-state index in [-0.39, 0.29) is 0 Å². The molecular formula is C10H7ClN4. The molecule has 0 fully saturated rings. The zero-order valence-electron chi connectivity index (χ0n) is 7.98. The van der Waals surface area contributed by atoms with Gasteiger partial charge in [0.15, 0.2) is 0 Å². The van der Waals surface area contributed by atoms with Gasteiger partial charge in [-0.3, -0.25) is 0 Å². The fourth-order valence-electron chi connectivity index (χ4n) is 1.46. The molecule has 0 saturated carbocycles. The molecule has 0 unspecified atom stereocenters. The largest absolute Gasteiger partial charge is 0.236 e. The number of halogens is 1. The first-order chi connectivity index (χ1) is 7.20. The third-order valence-electron chi connectivity index (χ3n) is 2.13. The lowest BCUT2D eigenvalue weighted by atomic mass is 10.1. The average molecular weight is 219 g/mol. The van der Waals surface area contributed by atoms with Crippen molar-refractivity contribution >= 4 is 28.2 Å². The van der Waals surface area contributed by atoms with E-state index in [2.05, 4.69) is 15.0 Å². The van der Waals surface area contributed by atoms with E-state index >= 15 is 0 Å². The molecule has 0 bridgehead atoms. The Morgan fingerprint density at radius 3 is 2.93 bits per heavy atom. The quantitative estimate of drug-likeness (QED) is 0.307. The summed E-state index contributed by atoms with van der Waals surface area (Å²) in [7, 11) is 0. The monoisotopic (exact) mass is 218 g/mol. The number of hydrogen-bond acceptors (Lipinski definition) is 2. The smallest absolute Gasteiger partial charge is 0.130 e. The average Bonchev–Trinajstić information content (AvgIpc) is 2.17. The van der Waals surface area contributed by atoms with Crippen LogP contribution in [-0.2, 0) is 0 Å². The lowest BCUT2D eigenvalue weighted by Crippen LogP contribution is -1.83. The van der Waals surface area contributed by atoms with Crippen LogP contribution in [0.2, 0.25) is 5.15 Å². The van der Waals surface area contributed by atoms with Gasteiger partial charge in [-0.05, 0) is 30.2 Å². The first-order valence-corrected chi connectivity index (χ1v) is 4.70. The summed E-state index contributed by atoms with van der Waals surface area (Å²) < 4.78 is 0. The van der Waals surface area contributed by atoms with Crippen LogP contribution in [-0.4, -0.2) is 4.98 Å². The zero-order valence-corrected chi connectivity index (χ0v) is 8.73. The van der Waals surface area contributed by atoms with Crippen LogP contribution in [0.4, 0.5) is 5.69 Å². The molecule has 1 heterocycles. The molecule has 1 aromatic carbocycles. The summed E-state index contributed by atoms with van der Waals surface area (Å²) in [6, 6.07) is 7.15. The van der Waals surface area contributed by atoms with Crippen molar-refractivity contribution in [2.75, 3.05) is 0 Å². The number of rotatable bonds is 1. The summed E-state index contributed by atoms with van der Waals surface area (Å²) in [5, 5.41) is 4.97. The minimum atomic E-state index is 0.443. The maximum absolute atomic E-state index is 8.31.